The Hall–Kier alpha value is -4.46. The highest BCUT2D eigenvalue weighted by Gasteiger charge is 2.17. The van der Waals surface area contributed by atoms with Gasteiger partial charge in [-0.15, -0.1) is 10.2 Å². The van der Waals surface area contributed by atoms with Gasteiger partial charge in [-0.2, -0.15) is 0 Å². The van der Waals surface area contributed by atoms with Gasteiger partial charge in [0.2, 0.25) is 11.8 Å². The zero-order valence-electron chi connectivity index (χ0n) is 21.8. The summed E-state index contributed by atoms with van der Waals surface area (Å²) in [5.41, 5.74) is 4.28. The van der Waals surface area contributed by atoms with Crippen molar-refractivity contribution in [3.8, 4) is 22.9 Å². The molecule has 4 aromatic rings. The molecule has 8 heteroatoms. The van der Waals surface area contributed by atoms with Gasteiger partial charge in [0.05, 0.1) is 19.1 Å². The Morgan fingerprint density at radius 1 is 0.868 bits per heavy atom. The number of nitrogens with zero attached hydrogens (tertiary/aromatic N) is 2. The number of anilines is 1. The van der Waals surface area contributed by atoms with E-state index in [-0.39, 0.29) is 30.9 Å². The molecular formula is C30H32N4O4. The normalized spacial score (nSPS) is 11.7. The molecule has 0 spiro atoms. The van der Waals surface area contributed by atoms with Crippen molar-refractivity contribution < 1.29 is 18.7 Å². The average Bonchev–Trinajstić information content (AvgIpc) is 3.43. The van der Waals surface area contributed by atoms with Crippen LogP contribution in [0, 0.1) is 5.92 Å². The van der Waals surface area contributed by atoms with Crippen LogP contribution in [0.1, 0.15) is 49.2 Å². The summed E-state index contributed by atoms with van der Waals surface area (Å²) in [4.78, 5) is 23.8. The van der Waals surface area contributed by atoms with Crippen LogP contribution in [-0.2, 0) is 9.53 Å². The number of benzene rings is 3. The SMILES string of the molecule is CCOC(=O)CCNC(=O)c1ccc(NC(c2ccc(-c3nnc(-c4ccccc4)o3)cc2)C(C)C)cc1. The molecule has 2 N–H and O–H groups in total. The number of hydrogen-bond acceptors (Lipinski definition) is 7. The molecule has 3 aromatic carbocycles. The summed E-state index contributed by atoms with van der Waals surface area (Å²) in [6.07, 6.45) is 0.148. The second-order valence-corrected chi connectivity index (χ2v) is 9.15. The summed E-state index contributed by atoms with van der Waals surface area (Å²) in [6, 6.07) is 25.1. The molecular weight excluding hydrogens is 480 g/mol. The van der Waals surface area contributed by atoms with E-state index in [1.807, 2.05) is 54.6 Å². The summed E-state index contributed by atoms with van der Waals surface area (Å²) in [6.45, 7) is 6.63. The Morgan fingerprint density at radius 2 is 1.50 bits per heavy atom. The summed E-state index contributed by atoms with van der Waals surface area (Å²) in [7, 11) is 0. The summed E-state index contributed by atoms with van der Waals surface area (Å²) >= 11 is 0. The Labute approximate surface area is 222 Å². The average molecular weight is 513 g/mol. The smallest absolute Gasteiger partial charge is 0.307 e. The van der Waals surface area contributed by atoms with Crippen LogP contribution in [0.15, 0.2) is 83.3 Å². The quantitative estimate of drug-likeness (QED) is 0.241. The minimum atomic E-state index is -0.325. The van der Waals surface area contributed by atoms with Crippen molar-refractivity contribution in [1.82, 2.24) is 15.5 Å². The van der Waals surface area contributed by atoms with Crippen LogP contribution >= 0.6 is 0 Å². The molecule has 0 aliphatic heterocycles. The van der Waals surface area contributed by atoms with Gasteiger partial charge in [0.1, 0.15) is 0 Å². The first-order valence-corrected chi connectivity index (χ1v) is 12.7. The summed E-state index contributed by atoms with van der Waals surface area (Å²) < 4.78 is 10.8. The van der Waals surface area contributed by atoms with Crippen LogP contribution in [-0.4, -0.2) is 35.2 Å². The third-order valence-electron chi connectivity index (χ3n) is 6.02. The lowest BCUT2D eigenvalue weighted by molar-refractivity contribution is -0.142. The van der Waals surface area contributed by atoms with E-state index in [0.717, 1.165) is 22.4 Å². The van der Waals surface area contributed by atoms with E-state index in [0.29, 0.717) is 29.9 Å². The number of ether oxygens (including phenoxy) is 1. The van der Waals surface area contributed by atoms with Crippen LogP contribution in [0.25, 0.3) is 22.9 Å². The number of nitrogens with one attached hydrogen (secondary N) is 2. The van der Waals surface area contributed by atoms with Gasteiger partial charge in [-0.3, -0.25) is 9.59 Å². The Balaban J connectivity index is 1.38. The molecule has 1 aromatic heterocycles. The number of esters is 1. The second-order valence-electron chi connectivity index (χ2n) is 9.15. The van der Waals surface area contributed by atoms with E-state index in [2.05, 4.69) is 46.8 Å². The number of carbonyl (C=O) groups excluding carboxylic acids is 2. The van der Waals surface area contributed by atoms with Crippen LogP contribution in [0.5, 0.6) is 0 Å². The van der Waals surface area contributed by atoms with Gasteiger partial charge in [-0.1, -0.05) is 44.2 Å². The van der Waals surface area contributed by atoms with Crippen molar-refractivity contribution in [2.75, 3.05) is 18.5 Å². The molecule has 0 aliphatic rings. The Morgan fingerprint density at radius 3 is 2.11 bits per heavy atom. The van der Waals surface area contributed by atoms with Crippen LogP contribution < -0.4 is 10.6 Å². The van der Waals surface area contributed by atoms with E-state index < -0.39 is 0 Å². The maximum Gasteiger partial charge on any atom is 0.307 e. The lowest BCUT2D eigenvalue weighted by atomic mass is 9.94. The van der Waals surface area contributed by atoms with Crippen molar-refractivity contribution in [1.29, 1.82) is 0 Å². The number of hydrogen-bond donors (Lipinski definition) is 2. The molecule has 0 fully saturated rings. The van der Waals surface area contributed by atoms with E-state index >= 15 is 0 Å². The van der Waals surface area contributed by atoms with Gasteiger partial charge < -0.3 is 19.8 Å². The predicted octanol–water partition coefficient (Wildman–Crippen LogP) is 5.90. The highest BCUT2D eigenvalue weighted by Crippen LogP contribution is 2.29. The number of carbonyl (C=O) groups is 2. The molecule has 0 radical (unpaired) electrons. The lowest BCUT2D eigenvalue weighted by Crippen LogP contribution is -2.26. The maximum absolute atomic E-state index is 12.4. The number of amides is 1. The molecule has 1 unspecified atom stereocenters. The fraction of sp³-hybridized carbons (Fsp3) is 0.267. The largest absolute Gasteiger partial charge is 0.466 e. The topological polar surface area (TPSA) is 106 Å². The molecule has 1 heterocycles. The minimum Gasteiger partial charge on any atom is -0.466 e. The predicted molar refractivity (Wildman–Crippen MR) is 146 cm³/mol. The molecule has 38 heavy (non-hydrogen) atoms. The molecule has 0 saturated carbocycles. The van der Waals surface area contributed by atoms with Crippen molar-refractivity contribution in [2.24, 2.45) is 5.92 Å². The van der Waals surface area contributed by atoms with Gasteiger partial charge in [-0.05, 0) is 66.9 Å². The molecule has 4 rings (SSSR count). The summed E-state index contributed by atoms with van der Waals surface area (Å²) in [5, 5.41) is 14.7. The standard InChI is InChI=1S/C30H32N4O4/c1-4-37-26(35)18-19-31-28(36)22-14-16-25(17-15-22)32-27(20(2)3)21-10-12-24(13-11-21)30-34-33-29(38-30)23-8-6-5-7-9-23/h5-17,20,27,32H,4,18-19H2,1-3H3,(H,31,36). The third kappa shape index (κ3) is 6.85. The monoisotopic (exact) mass is 512 g/mol. The first-order valence-electron chi connectivity index (χ1n) is 12.7. The second kappa shape index (κ2) is 12.7. The molecule has 0 aliphatic carbocycles. The van der Waals surface area contributed by atoms with Crippen molar-refractivity contribution >= 4 is 17.6 Å². The molecule has 196 valence electrons. The molecule has 1 atom stereocenters. The van der Waals surface area contributed by atoms with Crippen LogP contribution in [0.4, 0.5) is 5.69 Å². The minimum absolute atomic E-state index is 0.0517. The van der Waals surface area contributed by atoms with Crippen LogP contribution in [0.3, 0.4) is 0 Å². The first-order chi connectivity index (χ1) is 18.4. The first kappa shape index (κ1) is 26.6. The third-order valence-corrected chi connectivity index (χ3v) is 6.02. The Kier molecular flexibility index (Phi) is 8.87. The van der Waals surface area contributed by atoms with E-state index in [4.69, 9.17) is 9.15 Å². The van der Waals surface area contributed by atoms with Crippen molar-refractivity contribution in [3.05, 3.63) is 90.0 Å². The fourth-order valence-electron chi connectivity index (χ4n) is 4.02. The van der Waals surface area contributed by atoms with E-state index in [1.54, 1.807) is 19.1 Å². The van der Waals surface area contributed by atoms with Gasteiger partial charge in [-0.25, -0.2) is 0 Å². The lowest BCUT2D eigenvalue weighted by Gasteiger charge is -2.24. The molecule has 0 saturated heterocycles. The molecule has 1 amide bonds. The maximum atomic E-state index is 12.4. The number of aromatic nitrogens is 2. The zero-order chi connectivity index (χ0) is 26.9. The summed E-state index contributed by atoms with van der Waals surface area (Å²) in [5.74, 6) is 0.713. The van der Waals surface area contributed by atoms with E-state index in [9.17, 15) is 9.59 Å². The van der Waals surface area contributed by atoms with Crippen molar-refractivity contribution in [3.63, 3.8) is 0 Å². The van der Waals surface area contributed by atoms with Gasteiger partial charge in [0, 0.05) is 28.9 Å². The highest BCUT2D eigenvalue weighted by atomic mass is 16.5. The van der Waals surface area contributed by atoms with E-state index in [1.165, 1.54) is 0 Å². The highest BCUT2D eigenvalue weighted by molar-refractivity contribution is 5.94. The number of rotatable bonds is 11. The van der Waals surface area contributed by atoms with Gasteiger partial charge >= 0.3 is 5.97 Å². The Bertz CT molecular complexity index is 1330. The molecule has 8 nitrogen and oxygen atoms in total. The molecule has 0 bridgehead atoms. The van der Waals surface area contributed by atoms with Gasteiger partial charge in [0.25, 0.3) is 5.91 Å². The zero-order valence-corrected chi connectivity index (χ0v) is 21.8. The van der Waals surface area contributed by atoms with Crippen molar-refractivity contribution in [2.45, 2.75) is 33.2 Å². The fourth-order valence-corrected chi connectivity index (χ4v) is 4.02. The van der Waals surface area contributed by atoms with Crippen LogP contribution in [0.2, 0.25) is 0 Å². The van der Waals surface area contributed by atoms with Gasteiger partial charge in [0.15, 0.2) is 0 Å².